The van der Waals surface area contributed by atoms with Gasteiger partial charge in [0.05, 0.1) is 10.9 Å². The van der Waals surface area contributed by atoms with Crippen LogP contribution in [0.3, 0.4) is 0 Å². The maximum absolute atomic E-state index is 12.3. The van der Waals surface area contributed by atoms with Crippen LogP contribution in [-0.4, -0.2) is 20.6 Å². The molecule has 0 saturated carbocycles. The highest BCUT2D eigenvalue weighted by Crippen LogP contribution is 2.11. The normalized spacial score (nSPS) is 10.8. The standard InChI is InChI=1S/C13H8N2O5/c16-11-7-3-1-2-4-8(7)14-13(19)15(11)10-6-5-9(20-10)12(17)18/h1-6H,(H,14,19)(H,17,18). The van der Waals surface area contributed by atoms with E-state index in [1.807, 2.05) is 0 Å². The second kappa shape index (κ2) is 4.23. The second-order valence-corrected chi connectivity index (χ2v) is 4.06. The Hall–Kier alpha value is -3.09. The number of hydrogen-bond donors (Lipinski definition) is 2. The lowest BCUT2D eigenvalue weighted by molar-refractivity contribution is 0.0662. The van der Waals surface area contributed by atoms with Crippen molar-refractivity contribution in [1.82, 2.24) is 9.55 Å². The van der Waals surface area contributed by atoms with Crippen molar-refractivity contribution in [2.75, 3.05) is 0 Å². The number of carbonyl (C=O) groups is 1. The van der Waals surface area contributed by atoms with Crippen LogP contribution in [0.2, 0.25) is 0 Å². The van der Waals surface area contributed by atoms with Gasteiger partial charge in [0.2, 0.25) is 11.6 Å². The van der Waals surface area contributed by atoms with Crippen molar-refractivity contribution in [2.45, 2.75) is 0 Å². The topological polar surface area (TPSA) is 105 Å². The molecule has 0 aliphatic heterocycles. The van der Waals surface area contributed by atoms with Crippen molar-refractivity contribution in [1.29, 1.82) is 0 Å². The van der Waals surface area contributed by atoms with Gasteiger partial charge < -0.3 is 14.5 Å². The van der Waals surface area contributed by atoms with Crippen LogP contribution in [0.4, 0.5) is 0 Å². The molecule has 0 radical (unpaired) electrons. The third-order valence-electron chi connectivity index (χ3n) is 2.83. The van der Waals surface area contributed by atoms with Crippen molar-refractivity contribution in [2.24, 2.45) is 0 Å². The molecule has 0 bridgehead atoms. The Morgan fingerprint density at radius 3 is 2.60 bits per heavy atom. The minimum atomic E-state index is -1.28. The number of furan rings is 1. The number of rotatable bonds is 2. The zero-order valence-electron chi connectivity index (χ0n) is 9.99. The summed E-state index contributed by atoms with van der Waals surface area (Å²) in [5.74, 6) is -1.76. The number of aromatic nitrogens is 2. The first kappa shape index (κ1) is 12.0. The van der Waals surface area contributed by atoms with Gasteiger partial charge in [0.15, 0.2) is 0 Å². The fourth-order valence-electron chi connectivity index (χ4n) is 1.93. The van der Waals surface area contributed by atoms with Gasteiger partial charge in [-0.15, -0.1) is 0 Å². The summed E-state index contributed by atoms with van der Waals surface area (Å²) in [6.07, 6.45) is 0. The summed E-state index contributed by atoms with van der Waals surface area (Å²) >= 11 is 0. The zero-order valence-corrected chi connectivity index (χ0v) is 9.99. The Balaban J connectivity index is 2.33. The average Bonchev–Trinajstić information content (AvgIpc) is 2.88. The van der Waals surface area contributed by atoms with Crippen LogP contribution in [0.15, 0.2) is 50.4 Å². The van der Waals surface area contributed by atoms with Crippen molar-refractivity contribution in [3.63, 3.8) is 0 Å². The van der Waals surface area contributed by atoms with Crippen LogP contribution in [0.5, 0.6) is 0 Å². The third-order valence-corrected chi connectivity index (χ3v) is 2.83. The lowest BCUT2D eigenvalue weighted by Gasteiger charge is -2.02. The minimum Gasteiger partial charge on any atom is -0.475 e. The number of aromatic amines is 1. The van der Waals surface area contributed by atoms with Crippen molar-refractivity contribution in [3.05, 3.63) is 63.0 Å². The molecule has 0 unspecified atom stereocenters. The van der Waals surface area contributed by atoms with Crippen LogP contribution < -0.4 is 11.2 Å². The van der Waals surface area contributed by atoms with Gasteiger partial charge in [-0.25, -0.2) is 9.59 Å². The van der Waals surface area contributed by atoms with E-state index >= 15 is 0 Å². The molecule has 0 fully saturated rings. The van der Waals surface area contributed by atoms with E-state index < -0.39 is 17.2 Å². The van der Waals surface area contributed by atoms with Gasteiger partial charge in [-0.2, -0.15) is 4.57 Å². The number of para-hydroxylation sites is 1. The lowest BCUT2D eigenvalue weighted by atomic mass is 10.2. The highest BCUT2D eigenvalue weighted by Gasteiger charge is 2.15. The molecule has 0 saturated heterocycles. The Morgan fingerprint density at radius 2 is 1.90 bits per heavy atom. The van der Waals surface area contributed by atoms with E-state index in [2.05, 4.69) is 4.98 Å². The van der Waals surface area contributed by atoms with E-state index in [9.17, 15) is 14.4 Å². The summed E-state index contributed by atoms with van der Waals surface area (Å²) in [7, 11) is 0. The first-order valence-electron chi connectivity index (χ1n) is 5.65. The van der Waals surface area contributed by atoms with Crippen LogP contribution in [0, 0.1) is 0 Å². The maximum Gasteiger partial charge on any atom is 0.371 e. The highest BCUT2D eigenvalue weighted by atomic mass is 16.4. The minimum absolute atomic E-state index is 0.139. The van der Waals surface area contributed by atoms with Gasteiger partial charge in [0.25, 0.3) is 5.56 Å². The number of aromatic carboxylic acids is 1. The van der Waals surface area contributed by atoms with Gasteiger partial charge in [0.1, 0.15) is 0 Å². The van der Waals surface area contributed by atoms with Gasteiger partial charge >= 0.3 is 11.7 Å². The van der Waals surface area contributed by atoms with Crippen molar-refractivity contribution >= 4 is 16.9 Å². The molecule has 100 valence electrons. The molecule has 0 aliphatic rings. The summed E-state index contributed by atoms with van der Waals surface area (Å²) in [5.41, 5.74) is -0.862. The molecule has 2 N–H and O–H groups in total. The maximum atomic E-state index is 12.3. The predicted octanol–water partition coefficient (Wildman–Crippen LogP) is 0.970. The molecule has 1 aromatic carbocycles. The van der Waals surface area contributed by atoms with Crippen molar-refractivity contribution in [3.8, 4) is 5.88 Å². The van der Waals surface area contributed by atoms with Crippen LogP contribution in [-0.2, 0) is 0 Å². The molecule has 3 rings (SSSR count). The number of nitrogens with zero attached hydrogens (tertiary/aromatic N) is 1. The first-order chi connectivity index (χ1) is 9.58. The third kappa shape index (κ3) is 1.72. The summed E-state index contributed by atoms with van der Waals surface area (Å²) in [5, 5.41) is 9.09. The highest BCUT2D eigenvalue weighted by molar-refractivity contribution is 5.84. The number of hydrogen-bond acceptors (Lipinski definition) is 4. The molecule has 0 amide bonds. The second-order valence-electron chi connectivity index (χ2n) is 4.06. The Labute approximate surface area is 110 Å². The molecule has 20 heavy (non-hydrogen) atoms. The largest absolute Gasteiger partial charge is 0.475 e. The van der Waals surface area contributed by atoms with Gasteiger partial charge in [-0.3, -0.25) is 4.79 Å². The number of carboxylic acids is 1. The average molecular weight is 272 g/mol. The van der Waals surface area contributed by atoms with E-state index in [1.165, 1.54) is 12.1 Å². The molecule has 3 aromatic rings. The Morgan fingerprint density at radius 1 is 1.15 bits per heavy atom. The SMILES string of the molecule is O=C(O)c1ccc(-n2c(=O)[nH]c3ccccc3c2=O)o1. The lowest BCUT2D eigenvalue weighted by Crippen LogP contribution is -2.33. The van der Waals surface area contributed by atoms with Gasteiger partial charge in [-0.05, 0) is 18.2 Å². The van der Waals surface area contributed by atoms with Gasteiger partial charge in [-0.1, -0.05) is 12.1 Å². The first-order valence-corrected chi connectivity index (χ1v) is 5.65. The Bertz CT molecular complexity index is 932. The van der Waals surface area contributed by atoms with E-state index in [1.54, 1.807) is 24.3 Å². The summed E-state index contributed by atoms with van der Waals surface area (Å²) in [6.45, 7) is 0. The zero-order chi connectivity index (χ0) is 14.3. The molecule has 7 heteroatoms. The number of benzene rings is 1. The van der Waals surface area contributed by atoms with Crippen LogP contribution in [0.1, 0.15) is 10.6 Å². The van der Waals surface area contributed by atoms with E-state index in [0.717, 1.165) is 4.57 Å². The molecule has 0 atom stereocenters. The smallest absolute Gasteiger partial charge is 0.371 e. The number of H-pyrrole nitrogens is 1. The van der Waals surface area contributed by atoms with E-state index in [0.29, 0.717) is 10.9 Å². The Kier molecular flexibility index (Phi) is 2.53. The fourth-order valence-corrected chi connectivity index (χ4v) is 1.93. The number of nitrogens with one attached hydrogen (secondary N) is 1. The molecule has 2 heterocycles. The number of carboxylic acid groups (broad SMARTS) is 1. The molecular formula is C13H8N2O5. The summed E-state index contributed by atoms with van der Waals surface area (Å²) in [6, 6.07) is 8.96. The molecule has 2 aromatic heterocycles. The predicted molar refractivity (Wildman–Crippen MR) is 69.4 cm³/mol. The van der Waals surface area contributed by atoms with E-state index in [-0.39, 0.29) is 11.6 Å². The number of fused-ring (bicyclic) bond motifs is 1. The monoisotopic (exact) mass is 272 g/mol. The molecule has 0 aliphatic carbocycles. The quantitative estimate of drug-likeness (QED) is 0.723. The van der Waals surface area contributed by atoms with Crippen LogP contribution >= 0.6 is 0 Å². The molecule has 0 spiro atoms. The molecular weight excluding hydrogens is 264 g/mol. The summed E-state index contributed by atoms with van der Waals surface area (Å²) in [4.78, 5) is 37.5. The van der Waals surface area contributed by atoms with Crippen molar-refractivity contribution < 1.29 is 14.3 Å². The van der Waals surface area contributed by atoms with E-state index in [4.69, 9.17) is 9.52 Å². The van der Waals surface area contributed by atoms with Gasteiger partial charge in [0, 0.05) is 6.07 Å². The summed E-state index contributed by atoms with van der Waals surface area (Å²) < 4.78 is 5.74. The fraction of sp³-hybridized carbons (Fsp3) is 0. The van der Waals surface area contributed by atoms with Crippen LogP contribution in [0.25, 0.3) is 16.8 Å². The molecule has 7 nitrogen and oxygen atoms in total.